The summed E-state index contributed by atoms with van der Waals surface area (Å²) < 4.78 is 1.24. The molecule has 1 atom stereocenters. The molecular weight excluding hydrogens is 476 g/mol. The maximum atomic E-state index is 12.8. The molecule has 9 heteroatoms. The van der Waals surface area contributed by atoms with Crippen molar-refractivity contribution in [1.82, 2.24) is 4.90 Å². The average molecular weight is 491 g/mol. The van der Waals surface area contributed by atoms with Gasteiger partial charge in [-0.2, -0.15) is 0 Å². The van der Waals surface area contributed by atoms with E-state index in [0.717, 1.165) is 21.8 Å². The Labute approximate surface area is 185 Å². The largest absolute Gasteiger partial charge is 0.478 e. The highest BCUT2D eigenvalue weighted by molar-refractivity contribution is 9.10. The Balaban J connectivity index is 1.72. The van der Waals surface area contributed by atoms with Crippen LogP contribution in [0.1, 0.15) is 22.8 Å². The highest BCUT2D eigenvalue weighted by Gasteiger charge is 2.38. The van der Waals surface area contributed by atoms with Crippen LogP contribution in [-0.2, 0) is 9.59 Å². The van der Waals surface area contributed by atoms with E-state index < -0.39 is 17.9 Å². The molecule has 2 N–H and O–H groups in total. The fraction of sp³-hybridized carbons (Fsp3) is 0.100. The molecule has 29 heavy (non-hydrogen) atoms. The van der Waals surface area contributed by atoms with Gasteiger partial charge in [-0.15, -0.1) is 0 Å². The lowest BCUT2D eigenvalue weighted by Gasteiger charge is -2.22. The van der Waals surface area contributed by atoms with Crippen molar-refractivity contribution in [2.45, 2.75) is 13.0 Å². The number of carbonyl (C=O) groups is 3. The van der Waals surface area contributed by atoms with Crippen LogP contribution in [0, 0.1) is 0 Å². The summed E-state index contributed by atoms with van der Waals surface area (Å²) >= 11 is 9.83. The van der Waals surface area contributed by atoms with E-state index in [0.29, 0.717) is 14.9 Å². The quantitative estimate of drug-likeness (QED) is 0.477. The lowest BCUT2D eigenvalue weighted by Crippen LogP contribution is -2.44. The molecule has 1 heterocycles. The fourth-order valence-corrected chi connectivity index (χ4v) is 4.27. The number of hydrogen-bond acceptors (Lipinski definition) is 5. The third-order valence-corrected chi connectivity index (χ3v) is 6.02. The zero-order valence-corrected chi connectivity index (χ0v) is 18.3. The normalized spacial score (nSPS) is 16.2. The summed E-state index contributed by atoms with van der Waals surface area (Å²) in [6.07, 6.45) is 1.74. The van der Waals surface area contributed by atoms with Crippen LogP contribution in [0.3, 0.4) is 0 Å². The number of aromatic carboxylic acids is 1. The van der Waals surface area contributed by atoms with Crippen LogP contribution >= 0.6 is 39.9 Å². The molecule has 1 aliphatic heterocycles. The number of thiocarbonyl (C=S) groups is 1. The first-order valence-electron chi connectivity index (χ1n) is 8.43. The van der Waals surface area contributed by atoms with Crippen molar-refractivity contribution < 1.29 is 19.5 Å². The van der Waals surface area contributed by atoms with E-state index in [1.807, 2.05) is 24.3 Å². The summed E-state index contributed by atoms with van der Waals surface area (Å²) in [5.41, 5.74) is 1.40. The zero-order chi connectivity index (χ0) is 21.1. The molecule has 1 fully saturated rings. The van der Waals surface area contributed by atoms with Crippen LogP contribution in [0.15, 0.2) is 57.9 Å². The lowest BCUT2D eigenvalue weighted by molar-refractivity contribution is -0.129. The SMILES string of the molecule is CC(C(=O)Nc1ccc(C(=O)O)cc1)N1C(=O)/C(=C/c2ccc(Br)cc2)SC1=S. The molecule has 1 aliphatic rings. The molecule has 2 amide bonds. The second-order valence-electron chi connectivity index (χ2n) is 6.15. The Morgan fingerprint density at radius 3 is 2.38 bits per heavy atom. The molecule has 6 nitrogen and oxygen atoms in total. The molecule has 0 spiro atoms. The van der Waals surface area contributed by atoms with E-state index in [2.05, 4.69) is 21.2 Å². The Bertz CT molecular complexity index is 1020. The first kappa shape index (κ1) is 21.2. The van der Waals surface area contributed by atoms with Gasteiger partial charge in [0.2, 0.25) is 5.91 Å². The average Bonchev–Trinajstić information content (AvgIpc) is 2.96. The van der Waals surface area contributed by atoms with E-state index >= 15 is 0 Å². The number of thioether (sulfide) groups is 1. The molecule has 0 saturated carbocycles. The summed E-state index contributed by atoms with van der Waals surface area (Å²) in [7, 11) is 0. The zero-order valence-electron chi connectivity index (χ0n) is 15.1. The number of rotatable bonds is 5. The van der Waals surface area contributed by atoms with Crippen molar-refractivity contribution in [3.63, 3.8) is 0 Å². The highest BCUT2D eigenvalue weighted by Crippen LogP contribution is 2.34. The van der Waals surface area contributed by atoms with Gasteiger partial charge in [0.1, 0.15) is 10.4 Å². The van der Waals surface area contributed by atoms with Crippen LogP contribution in [0.25, 0.3) is 6.08 Å². The minimum Gasteiger partial charge on any atom is -0.478 e. The standard InChI is InChI=1S/C20H15BrN2O4S2/c1-11(17(24)22-15-8-4-13(5-9-15)19(26)27)23-18(25)16(29-20(23)28)10-12-2-6-14(21)7-3-12/h2-11H,1H3,(H,22,24)(H,26,27)/b16-10-. The van der Waals surface area contributed by atoms with Crippen molar-refractivity contribution in [1.29, 1.82) is 0 Å². The molecule has 3 rings (SSSR count). The predicted octanol–water partition coefficient (Wildman–Crippen LogP) is 4.38. The van der Waals surface area contributed by atoms with Gasteiger partial charge in [0.05, 0.1) is 10.5 Å². The summed E-state index contributed by atoms with van der Waals surface area (Å²) in [6.45, 7) is 1.59. The summed E-state index contributed by atoms with van der Waals surface area (Å²) in [4.78, 5) is 38.0. The lowest BCUT2D eigenvalue weighted by atomic mass is 10.2. The van der Waals surface area contributed by atoms with Gasteiger partial charge in [-0.1, -0.05) is 52.0 Å². The number of halogens is 1. The predicted molar refractivity (Wildman–Crippen MR) is 121 cm³/mol. The number of nitrogens with one attached hydrogen (secondary N) is 1. The molecule has 148 valence electrons. The Hall–Kier alpha value is -2.49. The van der Waals surface area contributed by atoms with E-state index in [1.165, 1.54) is 29.2 Å². The summed E-state index contributed by atoms with van der Waals surface area (Å²) in [6, 6.07) is 12.4. The van der Waals surface area contributed by atoms with Crippen LogP contribution in [0.4, 0.5) is 5.69 Å². The maximum Gasteiger partial charge on any atom is 0.335 e. The van der Waals surface area contributed by atoms with Crippen molar-refractivity contribution in [3.8, 4) is 0 Å². The first-order valence-corrected chi connectivity index (χ1v) is 10.4. The third-order valence-electron chi connectivity index (χ3n) is 4.16. The molecule has 2 aromatic rings. The van der Waals surface area contributed by atoms with Gasteiger partial charge in [0, 0.05) is 10.2 Å². The van der Waals surface area contributed by atoms with Crippen LogP contribution < -0.4 is 5.32 Å². The van der Waals surface area contributed by atoms with Crippen LogP contribution in [-0.4, -0.2) is 38.2 Å². The van der Waals surface area contributed by atoms with Crippen molar-refractivity contribution in [2.75, 3.05) is 5.32 Å². The number of carboxylic acids is 1. The fourth-order valence-electron chi connectivity index (χ4n) is 2.58. The number of carboxylic acid groups (broad SMARTS) is 1. The van der Waals surface area contributed by atoms with Gasteiger partial charge in [-0.25, -0.2) is 4.79 Å². The Morgan fingerprint density at radius 2 is 1.79 bits per heavy atom. The smallest absolute Gasteiger partial charge is 0.335 e. The molecule has 0 aromatic heterocycles. The number of anilines is 1. The number of hydrogen-bond donors (Lipinski definition) is 2. The summed E-state index contributed by atoms with van der Waals surface area (Å²) in [5, 5.41) is 11.6. The Morgan fingerprint density at radius 1 is 1.17 bits per heavy atom. The van der Waals surface area contributed by atoms with Gasteiger partial charge in [-0.05, 0) is 55.0 Å². The van der Waals surface area contributed by atoms with Crippen LogP contribution in [0.5, 0.6) is 0 Å². The molecule has 2 aromatic carbocycles. The van der Waals surface area contributed by atoms with E-state index in [4.69, 9.17) is 17.3 Å². The maximum absolute atomic E-state index is 12.8. The first-order chi connectivity index (χ1) is 13.8. The minimum absolute atomic E-state index is 0.117. The second kappa shape index (κ2) is 8.89. The number of carbonyl (C=O) groups excluding carboxylic acids is 2. The minimum atomic E-state index is -1.05. The van der Waals surface area contributed by atoms with Crippen molar-refractivity contribution in [3.05, 3.63) is 69.0 Å². The number of amides is 2. The van der Waals surface area contributed by atoms with Gasteiger partial charge in [0.25, 0.3) is 5.91 Å². The van der Waals surface area contributed by atoms with E-state index in [9.17, 15) is 14.4 Å². The molecule has 1 saturated heterocycles. The van der Waals surface area contributed by atoms with Gasteiger partial charge >= 0.3 is 5.97 Å². The molecule has 0 bridgehead atoms. The van der Waals surface area contributed by atoms with Crippen molar-refractivity contribution >= 4 is 73.8 Å². The van der Waals surface area contributed by atoms with Crippen LogP contribution in [0.2, 0.25) is 0 Å². The highest BCUT2D eigenvalue weighted by atomic mass is 79.9. The van der Waals surface area contributed by atoms with E-state index in [-0.39, 0.29) is 11.5 Å². The van der Waals surface area contributed by atoms with Gasteiger partial charge in [-0.3, -0.25) is 14.5 Å². The topological polar surface area (TPSA) is 86.7 Å². The van der Waals surface area contributed by atoms with Gasteiger partial charge < -0.3 is 10.4 Å². The Kier molecular flexibility index (Phi) is 6.51. The third kappa shape index (κ3) is 4.92. The molecule has 1 unspecified atom stereocenters. The number of nitrogens with zero attached hydrogens (tertiary/aromatic N) is 1. The second-order valence-corrected chi connectivity index (χ2v) is 8.74. The molecular formula is C20H15BrN2O4S2. The molecule has 0 radical (unpaired) electrons. The molecule has 0 aliphatic carbocycles. The summed E-state index contributed by atoms with van der Waals surface area (Å²) in [5.74, 6) is -1.80. The van der Waals surface area contributed by atoms with Gasteiger partial charge in [0.15, 0.2) is 0 Å². The number of benzene rings is 2. The van der Waals surface area contributed by atoms with E-state index in [1.54, 1.807) is 13.0 Å². The monoisotopic (exact) mass is 490 g/mol. The van der Waals surface area contributed by atoms with Crippen molar-refractivity contribution in [2.24, 2.45) is 0 Å².